The maximum Gasteiger partial charge on any atom is 0.246 e. The highest BCUT2D eigenvalue weighted by Gasteiger charge is 2.29. The Morgan fingerprint density at radius 2 is 1.93 bits per heavy atom. The number of methoxy groups -OCH3 is 1. The first-order valence-corrected chi connectivity index (χ1v) is 11.6. The zero-order chi connectivity index (χ0) is 21.9. The van der Waals surface area contributed by atoms with Gasteiger partial charge in [0.2, 0.25) is 15.7 Å². The Balaban J connectivity index is 1.89. The molecule has 10 heteroatoms. The predicted octanol–water partition coefficient (Wildman–Crippen LogP) is 2.98. The van der Waals surface area contributed by atoms with Gasteiger partial charge in [0.15, 0.2) is 0 Å². The zero-order valence-electron chi connectivity index (χ0n) is 16.7. The molecular weight excluding hydrogens is 424 g/mol. The summed E-state index contributed by atoms with van der Waals surface area (Å²) in [5.41, 5.74) is 7.61. The topological polar surface area (TPSA) is 116 Å². The van der Waals surface area contributed by atoms with Crippen LogP contribution in [0.1, 0.15) is 5.56 Å². The lowest BCUT2D eigenvalue weighted by Crippen LogP contribution is -2.21. The molecule has 0 aliphatic carbocycles. The van der Waals surface area contributed by atoms with Gasteiger partial charge < -0.3 is 15.8 Å². The van der Waals surface area contributed by atoms with Crippen LogP contribution in [0, 0.1) is 6.92 Å². The maximum absolute atomic E-state index is 13.1. The van der Waals surface area contributed by atoms with Crippen LogP contribution in [0.15, 0.2) is 63.3 Å². The van der Waals surface area contributed by atoms with Gasteiger partial charge in [-0.1, -0.05) is 23.8 Å². The minimum Gasteiger partial charge on any atom is -0.497 e. The normalized spacial score (nSPS) is 11.3. The smallest absolute Gasteiger partial charge is 0.246 e. The Morgan fingerprint density at radius 3 is 2.57 bits per heavy atom. The maximum atomic E-state index is 13.1. The van der Waals surface area contributed by atoms with Crippen LogP contribution in [-0.4, -0.2) is 37.5 Å². The molecule has 0 radical (unpaired) electrons. The van der Waals surface area contributed by atoms with E-state index in [0.29, 0.717) is 11.4 Å². The van der Waals surface area contributed by atoms with Crippen molar-refractivity contribution in [2.24, 2.45) is 0 Å². The highest BCUT2D eigenvalue weighted by molar-refractivity contribution is 7.99. The number of rotatable bonds is 7. The van der Waals surface area contributed by atoms with Gasteiger partial charge in [0.05, 0.1) is 12.0 Å². The molecule has 3 aromatic rings. The molecule has 0 atom stereocenters. The molecular formula is C20H22N4O4S2. The molecule has 8 nitrogen and oxygen atoms in total. The van der Waals surface area contributed by atoms with Gasteiger partial charge in [-0.3, -0.25) is 4.79 Å². The number of hydrogen-bond acceptors (Lipinski definition) is 7. The fraction of sp³-hybridized carbons (Fsp3) is 0.200. The third kappa shape index (κ3) is 4.44. The number of hydrogen-bond donors (Lipinski definition) is 2. The van der Waals surface area contributed by atoms with Crippen molar-refractivity contribution in [3.8, 4) is 5.75 Å². The average molecular weight is 447 g/mol. The molecule has 2 aromatic carbocycles. The van der Waals surface area contributed by atoms with Gasteiger partial charge in [-0.25, -0.2) is 13.1 Å². The van der Waals surface area contributed by atoms with Crippen LogP contribution in [0.3, 0.4) is 0 Å². The van der Waals surface area contributed by atoms with E-state index in [1.165, 1.54) is 23.9 Å². The molecule has 1 amide bonds. The first kappa shape index (κ1) is 21.7. The van der Waals surface area contributed by atoms with Crippen molar-refractivity contribution in [3.63, 3.8) is 0 Å². The molecule has 1 aromatic heterocycles. The first-order valence-electron chi connectivity index (χ1n) is 8.92. The number of nitrogen functional groups attached to an aromatic ring is 1. The van der Waals surface area contributed by atoms with Crippen molar-refractivity contribution < 1.29 is 17.9 Å². The van der Waals surface area contributed by atoms with E-state index in [0.717, 1.165) is 17.3 Å². The lowest BCUT2D eigenvalue weighted by molar-refractivity contribution is -0.116. The van der Waals surface area contributed by atoms with Crippen LogP contribution >= 0.6 is 11.8 Å². The quantitative estimate of drug-likeness (QED) is 0.536. The molecule has 0 saturated carbocycles. The number of anilines is 2. The van der Waals surface area contributed by atoms with Gasteiger partial charge in [0, 0.05) is 11.8 Å². The summed E-state index contributed by atoms with van der Waals surface area (Å²) >= 11 is 1.15. The third-order valence-electron chi connectivity index (χ3n) is 4.36. The van der Waals surface area contributed by atoms with Gasteiger partial charge in [-0.2, -0.15) is 5.10 Å². The minimum atomic E-state index is -3.89. The second-order valence-corrected chi connectivity index (χ2v) is 9.16. The number of carbonyl (C=O) groups is 1. The average Bonchev–Trinajstić information content (AvgIpc) is 3.04. The summed E-state index contributed by atoms with van der Waals surface area (Å²) in [6.45, 7) is 1.64. The minimum absolute atomic E-state index is 0.0827. The van der Waals surface area contributed by atoms with Crippen molar-refractivity contribution in [3.05, 3.63) is 54.1 Å². The van der Waals surface area contributed by atoms with E-state index in [4.69, 9.17) is 10.5 Å². The second kappa shape index (κ2) is 8.80. The molecule has 0 bridgehead atoms. The SMILES string of the molecule is COc1cccc(NC(=O)Cn2nc(SC)c(S(=O)(=O)c3ccc(C)cc3)c2N)c1. The van der Waals surface area contributed by atoms with Gasteiger partial charge in [-0.15, -0.1) is 11.8 Å². The van der Waals surface area contributed by atoms with Crippen LogP contribution in [0.5, 0.6) is 5.75 Å². The summed E-state index contributed by atoms with van der Waals surface area (Å²) in [7, 11) is -2.36. The number of aryl methyl sites for hydroxylation is 1. The van der Waals surface area contributed by atoms with Crippen molar-refractivity contribution in [1.82, 2.24) is 9.78 Å². The van der Waals surface area contributed by atoms with Crippen LogP contribution < -0.4 is 15.8 Å². The molecule has 0 spiro atoms. The van der Waals surface area contributed by atoms with E-state index in [1.54, 1.807) is 42.7 Å². The Hall–Kier alpha value is -2.98. The van der Waals surface area contributed by atoms with E-state index < -0.39 is 15.7 Å². The molecule has 0 aliphatic heterocycles. The van der Waals surface area contributed by atoms with Crippen molar-refractivity contribution in [2.75, 3.05) is 24.4 Å². The van der Waals surface area contributed by atoms with Crippen LogP contribution in [0.25, 0.3) is 0 Å². The number of amides is 1. The lowest BCUT2D eigenvalue weighted by Gasteiger charge is -2.09. The van der Waals surface area contributed by atoms with Gasteiger partial charge >= 0.3 is 0 Å². The number of sulfone groups is 1. The van der Waals surface area contributed by atoms with Crippen molar-refractivity contribution in [1.29, 1.82) is 0 Å². The van der Waals surface area contributed by atoms with E-state index >= 15 is 0 Å². The summed E-state index contributed by atoms with van der Waals surface area (Å²) in [5, 5.41) is 7.21. The number of aromatic nitrogens is 2. The summed E-state index contributed by atoms with van der Waals surface area (Å²) in [6.07, 6.45) is 1.70. The summed E-state index contributed by atoms with van der Waals surface area (Å²) in [5.74, 6) is 0.118. The number of benzene rings is 2. The second-order valence-electron chi connectivity index (χ2n) is 6.48. The number of nitrogens with zero attached hydrogens (tertiary/aromatic N) is 2. The molecule has 3 N–H and O–H groups in total. The highest BCUT2D eigenvalue weighted by atomic mass is 32.2. The Labute approximate surface area is 179 Å². The van der Waals surface area contributed by atoms with Crippen molar-refractivity contribution >= 4 is 39.0 Å². The molecule has 3 rings (SSSR count). The number of ether oxygens (including phenoxy) is 1. The number of thioether (sulfide) groups is 1. The van der Waals surface area contributed by atoms with E-state index in [-0.39, 0.29) is 27.2 Å². The van der Waals surface area contributed by atoms with Gasteiger partial charge in [0.1, 0.15) is 28.0 Å². The third-order valence-corrected chi connectivity index (χ3v) is 6.99. The fourth-order valence-corrected chi connectivity index (χ4v) is 5.25. The van der Waals surface area contributed by atoms with E-state index in [9.17, 15) is 13.2 Å². The number of nitrogens with two attached hydrogens (primary N) is 1. The van der Waals surface area contributed by atoms with Crippen LogP contribution in [0.2, 0.25) is 0 Å². The lowest BCUT2D eigenvalue weighted by atomic mass is 10.2. The summed E-state index contributed by atoms with van der Waals surface area (Å²) < 4.78 is 32.6. The molecule has 158 valence electrons. The first-order chi connectivity index (χ1) is 14.3. The Kier molecular flexibility index (Phi) is 6.37. The molecule has 0 saturated heterocycles. The largest absolute Gasteiger partial charge is 0.497 e. The monoisotopic (exact) mass is 446 g/mol. The molecule has 0 unspecified atom stereocenters. The number of nitrogens with one attached hydrogen (secondary N) is 1. The summed E-state index contributed by atoms with van der Waals surface area (Å²) in [4.78, 5) is 12.5. The van der Waals surface area contributed by atoms with Crippen molar-refractivity contribution in [2.45, 2.75) is 28.3 Å². The molecule has 1 heterocycles. The molecule has 0 aliphatic rings. The number of carbonyl (C=O) groups excluding carboxylic acids is 1. The molecule has 0 fully saturated rings. The van der Waals surface area contributed by atoms with E-state index in [2.05, 4.69) is 10.4 Å². The Bertz CT molecular complexity index is 1170. The molecule has 30 heavy (non-hydrogen) atoms. The predicted molar refractivity (Wildman–Crippen MR) is 117 cm³/mol. The fourth-order valence-electron chi connectivity index (χ4n) is 2.81. The van der Waals surface area contributed by atoms with Gasteiger partial charge in [-0.05, 0) is 37.4 Å². The van der Waals surface area contributed by atoms with Crippen LogP contribution in [-0.2, 0) is 21.2 Å². The standard InChI is InChI=1S/C20H22N4O4S2/c1-13-7-9-16(10-8-13)30(26,27)18-19(21)24(23-20(18)29-3)12-17(25)22-14-5-4-6-15(11-14)28-2/h4-11H,12,21H2,1-3H3,(H,22,25). The van der Waals surface area contributed by atoms with Crippen LogP contribution in [0.4, 0.5) is 11.5 Å². The van der Waals surface area contributed by atoms with E-state index in [1.807, 2.05) is 6.92 Å². The highest BCUT2D eigenvalue weighted by Crippen LogP contribution is 2.34. The van der Waals surface area contributed by atoms with Gasteiger partial charge in [0.25, 0.3) is 0 Å². The Morgan fingerprint density at radius 1 is 1.23 bits per heavy atom. The zero-order valence-corrected chi connectivity index (χ0v) is 18.4. The summed E-state index contributed by atoms with van der Waals surface area (Å²) in [6, 6.07) is 13.4.